The van der Waals surface area contributed by atoms with Crippen molar-refractivity contribution < 1.29 is 0 Å². The van der Waals surface area contributed by atoms with E-state index in [0.717, 1.165) is 19.5 Å². The van der Waals surface area contributed by atoms with E-state index in [1.807, 2.05) is 12.4 Å². The summed E-state index contributed by atoms with van der Waals surface area (Å²) >= 11 is 0. The molecule has 2 heterocycles. The van der Waals surface area contributed by atoms with Gasteiger partial charge in [-0.3, -0.25) is 9.88 Å². The maximum absolute atomic E-state index is 6.12. The van der Waals surface area contributed by atoms with Crippen molar-refractivity contribution in [3.8, 4) is 0 Å². The van der Waals surface area contributed by atoms with Gasteiger partial charge < -0.3 is 5.73 Å². The Morgan fingerprint density at radius 2 is 2.24 bits per heavy atom. The molecular weight excluding hydrogens is 210 g/mol. The lowest BCUT2D eigenvalue weighted by atomic mass is 9.87. The molecule has 0 aromatic carbocycles. The zero-order valence-electron chi connectivity index (χ0n) is 11.1. The predicted molar refractivity (Wildman–Crippen MR) is 70.6 cm³/mol. The third kappa shape index (κ3) is 2.67. The molecule has 2 rings (SSSR count). The highest BCUT2D eigenvalue weighted by atomic mass is 15.2. The summed E-state index contributed by atoms with van der Waals surface area (Å²) in [5.41, 5.74) is 8.78. The van der Waals surface area contributed by atoms with Crippen LogP contribution in [-0.4, -0.2) is 28.5 Å². The quantitative estimate of drug-likeness (QED) is 0.849. The number of likely N-dealkylation sites (tertiary alicyclic amines) is 1. The van der Waals surface area contributed by atoms with Crippen LogP contribution in [0.15, 0.2) is 18.5 Å². The van der Waals surface area contributed by atoms with Crippen LogP contribution in [0.1, 0.15) is 31.4 Å². The van der Waals surface area contributed by atoms with Crippen LogP contribution in [0, 0.1) is 12.8 Å². The van der Waals surface area contributed by atoms with E-state index in [1.54, 1.807) is 0 Å². The molecule has 3 heteroatoms. The summed E-state index contributed by atoms with van der Waals surface area (Å²) in [5.74, 6) is 0.570. The van der Waals surface area contributed by atoms with Crippen molar-refractivity contribution in [3.63, 3.8) is 0 Å². The fraction of sp³-hybridized carbons (Fsp3) is 0.643. The van der Waals surface area contributed by atoms with E-state index in [0.29, 0.717) is 18.0 Å². The first-order chi connectivity index (χ1) is 8.09. The normalized spacial score (nSPS) is 30.5. The second-order valence-electron chi connectivity index (χ2n) is 5.32. The van der Waals surface area contributed by atoms with Crippen LogP contribution < -0.4 is 5.73 Å². The Morgan fingerprint density at radius 3 is 2.94 bits per heavy atom. The molecule has 0 spiro atoms. The highest BCUT2D eigenvalue weighted by molar-refractivity contribution is 5.21. The van der Waals surface area contributed by atoms with Crippen LogP contribution >= 0.6 is 0 Å². The molecule has 0 bridgehead atoms. The van der Waals surface area contributed by atoms with Gasteiger partial charge in [-0.1, -0.05) is 6.92 Å². The van der Waals surface area contributed by atoms with E-state index in [1.165, 1.54) is 11.1 Å². The zero-order chi connectivity index (χ0) is 12.4. The molecular formula is C14H23N3. The largest absolute Gasteiger partial charge is 0.327 e. The molecule has 94 valence electrons. The molecule has 1 aliphatic heterocycles. The smallest absolute Gasteiger partial charge is 0.0315 e. The monoisotopic (exact) mass is 233 g/mol. The lowest BCUT2D eigenvalue weighted by Crippen LogP contribution is -2.51. The molecule has 0 amide bonds. The standard InChI is InChI=1S/C14H23N3/c1-10-4-6-16-8-13(10)9-17-7-5-14(15)11(2)12(17)3/h4,6,8,11-12,14H,5,7,9,15H2,1-3H3. The number of hydrogen-bond donors (Lipinski definition) is 1. The van der Waals surface area contributed by atoms with Crippen LogP contribution in [0.4, 0.5) is 0 Å². The van der Waals surface area contributed by atoms with Crippen molar-refractivity contribution in [1.29, 1.82) is 0 Å². The van der Waals surface area contributed by atoms with Gasteiger partial charge >= 0.3 is 0 Å². The van der Waals surface area contributed by atoms with E-state index in [9.17, 15) is 0 Å². The zero-order valence-corrected chi connectivity index (χ0v) is 11.1. The summed E-state index contributed by atoms with van der Waals surface area (Å²) < 4.78 is 0. The molecule has 1 saturated heterocycles. The summed E-state index contributed by atoms with van der Waals surface area (Å²) in [6.45, 7) is 8.80. The molecule has 1 aromatic rings. The number of aryl methyl sites for hydroxylation is 1. The molecule has 2 N–H and O–H groups in total. The fourth-order valence-corrected chi connectivity index (χ4v) is 2.58. The predicted octanol–water partition coefficient (Wildman–Crippen LogP) is 1.95. The van der Waals surface area contributed by atoms with E-state index in [2.05, 4.69) is 36.7 Å². The summed E-state index contributed by atoms with van der Waals surface area (Å²) in [7, 11) is 0. The van der Waals surface area contributed by atoms with Gasteiger partial charge in [0.25, 0.3) is 0 Å². The molecule has 0 aliphatic carbocycles. The van der Waals surface area contributed by atoms with E-state index >= 15 is 0 Å². The maximum Gasteiger partial charge on any atom is 0.0315 e. The lowest BCUT2D eigenvalue weighted by molar-refractivity contribution is 0.0907. The third-order valence-electron chi connectivity index (χ3n) is 4.28. The van der Waals surface area contributed by atoms with Crippen LogP contribution in [0.2, 0.25) is 0 Å². The van der Waals surface area contributed by atoms with Crippen molar-refractivity contribution in [2.75, 3.05) is 6.54 Å². The van der Waals surface area contributed by atoms with Crippen molar-refractivity contribution in [3.05, 3.63) is 29.6 Å². The maximum atomic E-state index is 6.12. The number of aromatic nitrogens is 1. The Bertz CT molecular complexity index is 377. The molecule has 3 unspecified atom stereocenters. The molecule has 17 heavy (non-hydrogen) atoms. The first-order valence-corrected chi connectivity index (χ1v) is 6.48. The Hall–Kier alpha value is -0.930. The minimum absolute atomic E-state index is 0.358. The highest BCUT2D eigenvalue weighted by Gasteiger charge is 2.30. The van der Waals surface area contributed by atoms with Crippen molar-refractivity contribution in [1.82, 2.24) is 9.88 Å². The van der Waals surface area contributed by atoms with Gasteiger partial charge in [-0.15, -0.1) is 0 Å². The number of nitrogens with zero attached hydrogens (tertiary/aromatic N) is 2. The number of hydrogen-bond acceptors (Lipinski definition) is 3. The summed E-state index contributed by atoms with van der Waals surface area (Å²) in [6.07, 6.45) is 4.95. The second-order valence-corrected chi connectivity index (χ2v) is 5.32. The van der Waals surface area contributed by atoms with E-state index in [4.69, 9.17) is 5.73 Å². The molecule has 1 fully saturated rings. The highest BCUT2D eigenvalue weighted by Crippen LogP contribution is 2.24. The average molecular weight is 233 g/mol. The summed E-state index contributed by atoms with van der Waals surface area (Å²) in [5, 5.41) is 0. The Balaban J connectivity index is 2.07. The van der Waals surface area contributed by atoms with Crippen LogP contribution in [-0.2, 0) is 6.54 Å². The number of pyridine rings is 1. The fourth-order valence-electron chi connectivity index (χ4n) is 2.58. The van der Waals surface area contributed by atoms with Crippen LogP contribution in [0.3, 0.4) is 0 Å². The van der Waals surface area contributed by atoms with Gasteiger partial charge in [-0.25, -0.2) is 0 Å². The van der Waals surface area contributed by atoms with Gasteiger partial charge in [0, 0.05) is 37.6 Å². The van der Waals surface area contributed by atoms with Gasteiger partial charge in [-0.05, 0) is 43.4 Å². The summed E-state index contributed by atoms with van der Waals surface area (Å²) in [6, 6.07) is 2.99. The third-order valence-corrected chi connectivity index (χ3v) is 4.28. The summed E-state index contributed by atoms with van der Waals surface area (Å²) in [4.78, 5) is 6.74. The average Bonchev–Trinajstić information content (AvgIpc) is 2.32. The SMILES string of the molecule is Cc1ccncc1CN1CCC(N)C(C)C1C. The van der Waals surface area contributed by atoms with Crippen LogP contribution in [0.25, 0.3) is 0 Å². The van der Waals surface area contributed by atoms with Crippen molar-refractivity contribution in [2.24, 2.45) is 11.7 Å². The topological polar surface area (TPSA) is 42.2 Å². The number of nitrogens with two attached hydrogens (primary N) is 1. The number of rotatable bonds is 2. The van der Waals surface area contributed by atoms with Gasteiger partial charge in [0.1, 0.15) is 0 Å². The first kappa shape index (κ1) is 12.5. The minimum Gasteiger partial charge on any atom is -0.327 e. The van der Waals surface area contributed by atoms with Gasteiger partial charge in [-0.2, -0.15) is 0 Å². The molecule has 1 aromatic heterocycles. The molecule has 0 saturated carbocycles. The van der Waals surface area contributed by atoms with Crippen molar-refractivity contribution >= 4 is 0 Å². The van der Waals surface area contributed by atoms with Crippen LogP contribution in [0.5, 0.6) is 0 Å². The van der Waals surface area contributed by atoms with E-state index in [-0.39, 0.29) is 0 Å². The Kier molecular flexibility index (Phi) is 3.79. The Labute approximate surface area is 104 Å². The molecule has 3 nitrogen and oxygen atoms in total. The molecule has 3 atom stereocenters. The number of piperidine rings is 1. The van der Waals surface area contributed by atoms with Gasteiger partial charge in [0.15, 0.2) is 0 Å². The molecule has 1 aliphatic rings. The van der Waals surface area contributed by atoms with Gasteiger partial charge in [0.2, 0.25) is 0 Å². The second kappa shape index (κ2) is 5.15. The minimum atomic E-state index is 0.358. The van der Waals surface area contributed by atoms with Crippen molar-refractivity contribution in [2.45, 2.75) is 45.8 Å². The van der Waals surface area contributed by atoms with Gasteiger partial charge in [0.05, 0.1) is 0 Å². The lowest BCUT2D eigenvalue weighted by Gasteiger charge is -2.41. The van der Waals surface area contributed by atoms with E-state index < -0.39 is 0 Å². The first-order valence-electron chi connectivity index (χ1n) is 6.48. The molecule has 0 radical (unpaired) electrons. The Morgan fingerprint density at radius 1 is 1.47 bits per heavy atom.